The van der Waals surface area contributed by atoms with Gasteiger partial charge in [-0.25, -0.2) is 0 Å². The Bertz CT molecular complexity index is 1880. The normalized spacial score (nSPS) is 15.5. The maximum absolute atomic E-state index is 3.69. The van der Waals surface area contributed by atoms with Crippen LogP contribution in [0.15, 0.2) is 97.1 Å². The molecular weight excluding hydrogens is 506 g/mol. The Balaban J connectivity index is 1.24. The lowest BCUT2D eigenvalue weighted by molar-refractivity contribution is 0.584. The van der Waals surface area contributed by atoms with Gasteiger partial charge in [-0.15, -0.1) is 0 Å². The molecule has 42 heavy (non-hydrogen) atoms. The summed E-state index contributed by atoms with van der Waals surface area (Å²) in [5.74, 6) is 0. The SMILES string of the molecule is Cc1cc(-c2ccc(Nc3ccc4c(c3)C(C)(C)c3ccccc3-4)cc2)c2c(c1)C(C)(C)c1cc(C(C)(C)C)ccc1-2. The first-order valence-electron chi connectivity index (χ1n) is 15.3. The summed E-state index contributed by atoms with van der Waals surface area (Å²) < 4.78 is 0. The maximum atomic E-state index is 3.69. The van der Waals surface area contributed by atoms with Gasteiger partial charge >= 0.3 is 0 Å². The van der Waals surface area contributed by atoms with Crippen molar-refractivity contribution in [2.24, 2.45) is 0 Å². The number of benzene rings is 5. The van der Waals surface area contributed by atoms with Gasteiger partial charge in [0.05, 0.1) is 0 Å². The minimum atomic E-state index is -0.0325. The zero-order valence-corrected chi connectivity index (χ0v) is 26.2. The molecule has 5 aromatic carbocycles. The first kappa shape index (κ1) is 26.8. The molecule has 7 rings (SSSR count). The Morgan fingerprint density at radius 2 is 1.14 bits per heavy atom. The fourth-order valence-corrected chi connectivity index (χ4v) is 7.37. The quantitative estimate of drug-likeness (QED) is 0.237. The fourth-order valence-electron chi connectivity index (χ4n) is 7.37. The van der Waals surface area contributed by atoms with Gasteiger partial charge in [-0.2, -0.15) is 0 Å². The van der Waals surface area contributed by atoms with Crippen molar-refractivity contribution in [2.75, 3.05) is 5.32 Å². The van der Waals surface area contributed by atoms with Gasteiger partial charge in [0.2, 0.25) is 0 Å². The fraction of sp³-hybridized carbons (Fsp3) is 0.268. The third-order valence-electron chi connectivity index (χ3n) is 9.85. The number of rotatable bonds is 3. The summed E-state index contributed by atoms with van der Waals surface area (Å²) in [6, 6.07) is 36.6. The van der Waals surface area contributed by atoms with E-state index in [0.29, 0.717) is 0 Å². The molecule has 0 saturated carbocycles. The maximum Gasteiger partial charge on any atom is 0.0387 e. The second-order valence-corrected chi connectivity index (χ2v) is 14.5. The van der Waals surface area contributed by atoms with Gasteiger partial charge in [0, 0.05) is 22.2 Å². The van der Waals surface area contributed by atoms with E-state index in [-0.39, 0.29) is 16.2 Å². The van der Waals surface area contributed by atoms with Crippen molar-refractivity contribution in [3.63, 3.8) is 0 Å². The summed E-state index contributed by atoms with van der Waals surface area (Å²) in [6.45, 7) is 18.6. The number of aryl methyl sites for hydroxylation is 1. The Morgan fingerprint density at radius 3 is 1.88 bits per heavy atom. The van der Waals surface area contributed by atoms with E-state index in [1.165, 1.54) is 66.8 Å². The van der Waals surface area contributed by atoms with Crippen molar-refractivity contribution >= 4 is 11.4 Å². The van der Waals surface area contributed by atoms with E-state index in [1.54, 1.807) is 0 Å². The van der Waals surface area contributed by atoms with E-state index >= 15 is 0 Å². The zero-order valence-electron chi connectivity index (χ0n) is 26.2. The minimum Gasteiger partial charge on any atom is -0.356 e. The van der Waals surface area contributed by atoms with Crippen molar-refractivity contribution in [2.45, 2.75) is 71.6 Å². The highest BCUT2D eigenvalue weighted by Crippen LogP contribution is 2.53. The van der Waals surface area contributed by atoms with Crippen molar-refractivity contribution in [1.29, 1.82) is 0 Å². The summed E-state index contributed by atoms with van der Waals surface area (Å²) in [7, 11) is 0. The predicted octanol–water partition coefficient (Wildman–Crippen LogP) is 11.3. The average molecular weight is 548 g/mol. The molecular formula is C41H41N. The number of hydrogen-bond donors (Lipinski definition) is 1. The van der Waals surface area contributed by atoms with Crippen LogP contribution in [0.1, 0.15) is 81.8 Å². The standard InChI is InChI=1S/C41H41N/c1-25-21-33(38-32-19-15-27(39(2,3)4)23-35(32)41(7,8)37(38)22-25)26-13-16-28(17-14-26)42-29-18-20-31-30-11-9-10-12-34(30)40(5,6)36(31)24-29/h9-24,42H,1-8H3. The molecule has 0 fully saturated rings. The molecule has 0 unspecified atom stereocenters. The predicted molar refractivity (Wildman–Crippen MR) is 180 cm³/mol. The van der Waals surface area contributed by atoms with Crippen LogP contribution in [0.2, 0.25) is 0 Å². The van der Waals surface area contributed by atoms with Gasteiger partial charge in [0.15, 0.2) is 0 Å². The van der Waals surface area contributed by atoms with Gasteiger partial charge in [0.1, 0.15) is 0 Å². The van der Waals surface area contributed by atoms with Crippen LogP contribution < -0.4 is 5.32 Å². The van der Waals surface area contributed by atoms with Crippen molar-refractivity contribution in [3.05, 3.63) is 130 Å². The number of hydrogen-bond acceptors (Lipinski definition) is 1. The molecule has 0 spiro atoms. The largest absolute Gasteiger partial charge is 0.356 e. The Kier molecular flexibility index (Phi) is 5.71. The lowest BCUT2D eigenvalue weighted by Gasteiger charge is -2.25. The van der Waals surface area contributed by atoms with Crippen molar-refractivity contribution in [1.82, 2.24) is 0 Å². The molecule has 0 amide bonds. The summed E-state index contributed by atoms with van der Waals surface area (Å²) >= 11 is 0. The molecule has 0 aromatic heterocycles. The topological polar surface area (TPSA) is 12.0 Å². The molecule has 1 N–H and O–H groups in total. The summed E-state index contributed by atoms with van der Waals surface area (Å²) in [5.41, 5.74) is 18.8. The lowest BCUT2D eigenvalue weighted by atomic mass is 9.78. The monoisotopic (exact) mass is 547 g/mol. The van der Waals surface area contributed by atoms with Crippen LogP contribution in [0.5, 0.6) is 0 Å². The van der Waals surface area contributed by atoms with E-state index in [4.69, 9.17) is 0 Å². The molecule has 0 atom stereocenters. The number of fused-ring (bicyclic) bond motifs is 6. The van der Waals surface area contributed by atoms with Gasteiger partial charge in [-0.1, -0.05) is 127 Å². The Labute approximate surface area is 251 Å². The molecule has 2 aliphatic rings. The Hall–Kier alpha value is -4.10. The minimum absolute atomic E-state index is 0.00324. The first-order valence-corrected chi connectivity index (χ1v) is 15.3. The van der Waals surface area contributed by atoms with Gasteiger partial charge in [-0.3, -0.25) is 0 Å². The van der Waals surface area contributed by atoms with Crippen LogP contribution in [-0.2, 0) is 16.2 Å². The van der Waals surface area contributed by atoms with Gasteiger partial charge in [0.25, 0.3) is 0 Å². The molecule has 5 aromatic rings. The molecule has 0 radical (unpaired) electrons. The number of nitrogens with one attached hydrogen (secondary N) is 1. The molecule has 210 valence electrons. The van der Waals surface area contributed by atoms with Crippen molar-refractivity contribution in [3.8, 4) is 33.4 Å². The molecule has 1 nitrogen and oxygen atoms in total. The van der Waals surface area contributed by atoms with E-state index in [1.807, 2.05) is 0 Å². The van der Waals surface area contributed by atoms with Crippen LogP contribution in [0, 0.1) is 6.92 Å². The molecule has 1 heteroatoms. The van der Waals surface area contributed by atoms with Crippen LogP contribution in [0.3, 0.4) is 0 Å². The average Bonchev–Trinajstić information content (AvgIpc) is 3.32. The van der Waals surface area contributed by atoms with Crippen LogP contribution in [0.25, 0.3) is 33.4 Å². The third kappa shape index (κ3) is 3.97. The first-order chi connectivity index (χ1) is 19.9. The van der Waals surface area contributed by atoms with Crippen LogP contribution in [0.4, 0.5) is 11.4 Å². The summed E-state index contributed by atoms with van der Waals surface area (Å²) in [4.78, 5) is 0. The summed E-state index contributed by atoms with van der Waals surface area (Å²) in [6.07, 6.45) is 0. The van der Waals surface area contributed by atoms with Crippen LogP contribution in [-0.4, -0.2) is 0 Å². The molecule has 0 saturated heterocycles. The molecule has 2 aliphatic carbocycles. The third-order valence-corrected chi connectivity index (χ3v) is 9.85. The van der Waals surface area contributed by atoms with E-state index < -0.39 is 0 Å². The molecule has 0 bridgehead atoms. The van der Waals surface area contributed by atoms with E-state index in [0.717, 1.165) is 11.4 Å². The smallest absolute Gasteiger partial charge is 0.0387 e. The van der Waals surface area contributed by atoms with E-state index in [2.05, 4.69) is 158 Å². The highest BCUT2D eigenvalue weighted by molar-refractivity contribution is 5.93. The Morgan fingerprint density at radius 1 is 0.524 bits per heavy atom. The lowest BCUT2D eigenvalue weighted by Crippen LogP contribution is -2.17. The molecule has 0 aliphatic heterocycles. The molecule has 0 heterocycles. The van der Waals surface area contributed by atoms with Gasteiger partial charge in [-0.05, 0) is 97.8 Å². The zero-order chi connectivity index (χ0) is 29.6. The second-order valence-electron chi connectivity index (χ2n) is 14.5. The number of anilines is 2. The summed E-state index contributed by atoms with van der Waals surface area (Å²) in [5, 5.41) is 3.69. The van der Waals surface area contributed by atoms with Crippen molar-refractivity contribution < 1.29 is 0 Å². The second kappa shape index (κ2) is 8.95. The van der Waals surface area contributed by atoms with Gasteiger partial charge < -0.3 is 5.32 Å². The highest BCUT2D eigenvalue weighted by Gasteiger charge is 2.38. The van der Waals surface area contributed by atoms with Crippen LogP contribution >= 0.6 is 0 Å². The van der Waals surface area contributed by atoms with E-state index in [9.17, 15) is 0 Å². The highest BCUT2D eigenvalue weighted by atomic mass is 14.9.